The van der Waals surface area contributed by atoms with Crippen LogP contribution in [0.1, 0.15) is 0 Å². The minimum absolute atomic E-state index is 0.629. The van der Waals surface area contributed by atoms with E-state index in [1.165, 1.54) is 43.4 Å². The topological polar surface area (TPSA) is 104 Å². The largest absolute Gasteiger partial charge is 0.436 e. The maximum atomic E-state index is 5.98. The van der Waals surface area contributed by atoms with Gasteiger partial charge in [0.1, 0.15) is 17.4 Å². The molecule has 0 aliphatic heterocycles. The molecule has 10 aromatic carbocycles. The highest BCUT2D eigenvalue weighted by Crippen LogP contribution is 2.45. The molecule has 4 heterocycles. The van der Waals surface area contributed by atoms with E-state index in [0.717, 1.165) is 77.9 Å². The number of hydrogen-bond acceptors (Lipinski definition) is 8. The molecule has 0 aliphatic rings. The third-order valence-corrected chi connectivity index (χ3v) is 12.9. The Bertz CT molecular complexity index is 3770. The summed E-state index contributed by atoms with van der Waals surface area (Å²) < 4.78 is 12.0. The van der Waals surface area contributed by atoms with Crippen LogP contribution in [0, 0.1) is 0 Å². The van der Waals surface area contributed by atoms with Gasteiger partial charge in [0, 0.05) is 40.8 Å². The van der Waals surface area contributed by atoms with Crippen molar-refractivity contribution >= 4 is 65.3 Å². The molecular formula is C62H38N6O2. The predicted molar refractivity (Wildman–Crippen MR) is 282 cm³/mol. The molecule has 0 bridgehead atoms. The molecule has 328 valence electrons. The van der Waals surface area contributed by atoms with Crippen molar-refractivity contribution in [3.63, 3.8) is 0 Å². The van der Waals surface area contributed by atoms with E-state index in [1.807, 2.05) is 60.7 Å². The standard InChI is InChI=1S/2C31H19N3O/c1-3-10-24-22(8-1)28(23-9-2-4-11-25(23)29(24)30-32-18-7-19-33-30)20-14-16-21(17-15-20)31-34-26-12-5-6-13-27(26)35-31;1-3-9-24-22(7-1)29(23-8-2-4-10-25(23)30(24)27-17-18-32-19-33-27)20-13-15-21(16-14-20)31-34-26-11-5-6-12-28(26)35-31/h2*1-19H. The molecule has 0 atom stereocenters. The third-order valence-electron chi connectivity index (χ3n) is 12.9. The number of aromatic nitrogens is 6. The van der Waals surface area contributed by atoms with Crippen molar-refractivity contribution in [1.29, 1.82) is 0 Å². The zero-order valence-electron chi connectivity index (χ0n) is 37.4. The van der Waals surface area contributed by atoms with Crippen LogP contribution in [0.3, 0.4) is 0 Å². The second-order valence-corrected chi connectivity index (χ2v) is 17.0. The number of fused-ring (bicyclic) bond motifs is 6. The Hall–Kier alpha value is -9.66. The number of rotatable bonds is 6. The number of hydrogen-bond donors (Lipinski definition) is 0. The number of para-hydroxylation sites is 4. The lowest BCUT2D eigenvalue weighted by Crippen LogP contribution is -1.93. The van der Waals surface area contributed by atoms with Crippen LogP contribution in [0.15, 0.2) is 240 Å². The van der Waals surface area contributed by atoms with E-state index >= 15 is 0 Å². The van der Waals surface area contributed by atoms with Gasteiger partial charge in [-0.3, -0.25) is 0 Å². The van der Waals surface area contributed by atoms with Crippen LogP contribution < -0.4 is 0 Å². The molecule has 0 fully saturated rings. The lowest BCUT2D eigenvalue weighted by atomic mass is 9.87. The van der Waals surface area contributed by atoms with Gasteiger partial charge in [-0.1, -0.05) is 146 Å². The summed E-state index contributed by atoms with van der Waals surface area (Å²) in [5.74, 6) is 1.99. The van der Waals surface area contributed by atoms with Gasteiger partial charge < -0.3 is 8.83 Å². The van der Waals surface area contributed by atoms with Crippen molar-refractivity contribution in [2.24, 2.45) is 0 Å². The van der Waals surface area contributed by atoms with Gasteiger partial charge in [-0.2, -0.15) is 0 Å². The van der Waals surface area contributed by atoms with Crippen LogP contribution >= 0.6 is 0 Å². The molecule has 0 N–H and O–H groups in total. The Morgan fingerprint density at radius 1 is 0.286 bits per heavy atom. The highest BCUT2D eigenvalue weighted by molar-refractivity contribution is 6.22. The summed E-state index contributed by atoms with van der Waals surface area (Å²) in [5, 5.41) is 9.33. The second-order valence-electron chi connectivity index (χ2n) is 17.0. The maximum Gasteiger partial charge on any atom is 0.227 e. The molecule has 0 unspecified atom stereocenters. The van der Waals surface area contributed by atoms with Gasteiger partial charge in [0.05, 0.1) is 5.69 Å². The second kappa shape index (κ2) is 17.2. The van der Waals surface area contributed by atoms with E-state index in [4.69, 9.17) is 8.83 Å². The SMILES string of the molecule is c1ccc2oc(-c3ccc(-c4c5ccccc5c(-c5ccncn5)c5ccccc45)cc3)nc2c1.c1cnc(-c2c3ccccc3c(-c3ccc(-c4nc5ccccc5o4)cc3)c3ccccc23)nc1. The molecule has 0 spiro atoms. The fraction of sp³-hybridized carbons (Fsp3) is 0. The summed E-state index contributed by atoms with van der Waals surface area (Å²) in [5.41, 5.74) is 13.0. The summed E-state index contributed by atoms with van der Waals surface area (Å²) in [6.45, 7) is 0. The Balaban J connectivity index is 0.000000137. The Kier molecular flexibility index (Phi) is 9.98. The fourth-order valence-corrected chi connectivity index (χ4v) is 9.81. The maximum absolute atomic E-state index is 5.98. The first-order valence-electron chi connectivity index (χ1n) is 23.1. The molecule has 14 rings (SSSR count). The zero-order valence-corrected chi connectivity index (χ0v) is 37.4. The zero-order chi connectivity index (χ0) is 46.4. The molecular weight excluding hydrogens is 861 g/mol. The smallest absolute Gasteiger partial charge is 0.227 e. The van der Waals surface area contributed by atoms with Crippen LogP contribution in [0.4, 0.5) is 0 Å². The molecule has 0 aliphatic carbocycles. The van der Waals surface area contributed by atoms with Crippen molar-refractivity contribution in [2.45, 2.75) is 0 Å². The Labute approximate surface area is 401 Å². The van der Waals surface area contributed by atoms with Crippen LogP contribution in [0.5, 0.6) is 0 Å². The quantitative estimate of drug-likeness (QED) is 0.152. The van der Waals surface area contributed by atoms with Gasteiger partial charge in [0.25, 0.3) is 0 Å². The van der Waals surface area contributed by atoms with Crippen LogP contribution in [0.2, 0.25) is 0 Å². The Morgan fingerprint density at radius 3 is 1.06 bits per heavy atom. The summed E-state index contributed by atoms with van der Waals surface area (Å²) in [6, 6.07) is 70.5. The molecule has 4 aromatic heterocycles. The van der Waals surface area contributed by atoms with E-state index < -0.39 is 0 Å². The molecule has 8 heteroatoms. The summed E-state index contributed by atoms with van der Waals surface area (Å²) in [7, 11) is 0. The van der Waals surface area contributed by atoms with Gasteiger partial charge in [-0.25, -0.2) is 29.9 Å². The average molecular weight is 899 g/mol. The van der Waals surface area contributed by atoms with E-state index in [2.05, 4.69) is 175 Å². The molecule has 14 aromatic rings. The van der Waals surface area contributed by atoms with Crippen molar-refractivity contribution in [1.82, 2.24) is 29.9 Å². The van der Waals surface area contributed by atoms with Gasteiger partial charge in [0.2, 0.25) is 11.8 Å². The van der Waals surface area contributed by atoms with Crippen LogP contribution in [-0.4, -0.2) is 29.9 Å². The first-order chi connectivity index (χ1) is 34.7. The molecule has 70 heavy (non-hydrogen) atoms. The first kappa shape index (κ1) is 40.6. The van der Waals surface area contributed by atoms with Gasteiger partial charge in [-0.15, -0.1) is 0 Å². The van der Waals surface area contributed by atoms with Crippen molar-refractivity contribution in [2.75, 3.05) is 0 Å². The third kappa shape index (κ3) is 7.10. The summed E-state index contributed by atoms with van der Waals surface area (Å²) in [6.07, 6.45) is 7.00. The molecule has 0 radical (unpaired) electrons. The number of benzene rings is 10. The van der Waals surface area contributed by atoms with Crippen molar-refractivity contribution < 1.29 is 8.83 Å². The first-order valence-corrected chi connectivity index (χ1v) is 23.1. The van der Waals surface area contributed by atoms with Crippen molar-refractivity contribution in [3.05, 3.63) is 231 Å². The molecule has 0 saturated heterocycles. The highest BCUT2D eigenvalue weighted by atomic mass is 16.4. The van der Waals surface area contributed by atoms with Crippen molar-refractivity contribution in [3.8, 4) is 67.8 Å². The van der Waals surface area contributed by atoms with Crippen LogP contribution in [0.25, 0.3) is 133 Å². The van der Waals surface area contributed by atoms with Crippen LogP contribution in [-0.2, 0) is 0 Å². The van der Waals surface area contributed by atoms with E-state index in [0.29, 0.717) is 11.8 Å². The molecule has 8 nitrogen and oxygen atoms in total. The number of oxazole rings is 2. The molecule has 0 amide bonds. The highest BCUT2D eigenvalue weighted by Gasteiger charge is 2.20. The minimum Gasteiger partial charge on any atom is -0.436 e. The molecule has 0 saturated carbocycles. The fourth-order valence-electron chi connectivity index (χ4n) is 9.81. The van der Waals surface area contributed by atoms with E-state index in [-0.39, 0.29) is 0 Å². The summed E-state index contributed by atoms with van der Waals surface area (Å²) in [4.78, 5) is 27.2. The average Bonchev–Trinajstić information content (AvgIpc) is 4.08. The minimum atomic E-state index is 0.629. The van der Waals surface area contributed by atoms with E-state index in [1.54, 1.807) is 24.9 Å². The lowest BCUT2D eigenvalue weighted by Gasteiger charge is -2.17. The summed E-state index contributed by atoms with van der Waals surface area (Å²) >= 11 is 0. The monoisotopic (exact) mass is 898 g/mol. The predicted octanol–water partition coefficient (Wildman–Crippen LogP) is 15.9. The van der Waals surface area contributed by atoms with E-state index in [9.17, 15) is 0 Å². The van der Waals surface area contributed by atoms with Gasteiger partial charge in [0.15, 0.2) is 17.0 Å². The Morgan fingerprint density at radius 2 is 0.657 bits per heavy atom. The van der Waals surface area contributed by atoms with Gasteiger partial charge in [-0.05, 0) is 126 Å². The number of nitrogens with zero attached hydrogens (tertiary/aromatic N) is 6. The normalized spacial score (nSPS) is 11.4. The van der Waals surface area contributed by atoms with Gasteiger partial charge >= 0.3 is 0 Å². The lowest BCUT2D eigenvalue weighted by molar-refractivity contribution is 0.619.